The van der Waals surface area contributed by atoms with Crippen LogP contribution in [0.5, 0.6) is 0 Å². The van der Waals surface area contributed by atoms with Gasteiger partial charge in [0.1, 0.15) is 0 Å². The predicted molar refractivity (Wildman–Crippen MR) is 90.8 cm³/mol. The van der Waals surface area contributed by atoms with E-state index in [9.17, 15) is 0 Å². The third-order valence-corrected chi connectivity index (χ3v) is 5.26. The second-order valence-corrected chi connectivity index (χ2v) is 6.84. The summed E-state index contributed by atoms with van der Waals surface area (Å²) < 4.78 is 0. The maximum absolute atomic E-state index is 2.48. The summed E-state index contributed by atoms with van der Waals surface area (Å²) in [5.41, 5.74) is 9.09. The van der Waals surface area contributed by atoms with E-state index in [1.807, 2.05) is 0 Å². The van der Waals surface area contributed by atoms with Crippen molar-refractivity contribution in [2.24, 2.45) is 5.41 Å². The highest BCUT2D eigenvalue weighted by atomic mass is 14.4. The van der Waals surface area contributed by atoms with Gasteiger partial charge in [0.2, 0.25) is 0 Å². The second-order valence-electron chi connectivity index (χ2n) is 6.84. The van der Waals surface area contributed by atoms with Crippen LogP contribution in [0.3, 0.4) is 0 Å². The van der Waals surface area contributed by atoms with Crippen molar-refractivity contribution in [1.29, 1.82) is 0 Å². The molecule has 3 aliphatic rings. The third kappa shape index (κ3) is 1.82. The second kappa shape index (κ2) is 4.59. The molecule has 3 aliphatic carbocycles. The van der Waals surface area contributed by atoms with Crippen LogP contribution in [-0.4, -0.2) is 0 Å². The summed E-state index contributed by atoms with van der Waals surface area (Å²) >= 11 is 0. The molecule has 0 amide bonds. The molecule has 0 aliphatic heterocycles. The molecule has 0 heterocycles. The predicted octanol–water partition coefficient (Wildman–Crippen LogP) is 5.93. The lowest BCUT2D eigenvalue weighted by Crippen LogP contribution is -2.16. The lowest BCUT2D eigenvalue weighted by Gasteiger charge is -2.30. The van der Waals surface area contributed by atoms with Crippen molar-refractivity contribution < 1.29 is 0 Å². The van der Waals surface area contributed by atoms with Crippen molar-refractivity contribution in [2.75, 3.05) is 0 Å². The zero-order valence-corrected chi connectivity index (χ0v) is 12.9. The number of allylic oxidation sites excluding steroid dienone is 8. The van der Waals surface area contributed by atoms with E-state index in [0.717, 1.165) is 6.42 Å². The molecule has 0 saturated carbocycles. The molecule has 0 nitrogen and oxygen atoms in total. The van der Waals surface area contributed by atoms with Crippen LogP contribution in [-0.2, 0) is 0 Å². The molecule has 1 aromatic rings. The van der Waals surface area contributed by atoms with E-state index in [1.54, 1.807) is 5.57 Å². The molecule has 0 unspecified atom stereocenters. The number of hydrogen-bond donors (Lipinski definition) is 0. The van der Waals surface area contributed by atoms with Gasteiger partial charge in [0.05, 0.1) is 0 Å². The summed E-state index contributed by atoms with van der Waals surface area (Å²) in [5.74, 6) is 0. The fraction of sp³-hybridized carbons (Fsp3) is 0.333. The average Bonchev–Trinajstić information content (AvgIpc) is 3.14. The fourth-order valence-electron chi connectivity index (χ4n) is 4.20. The zero-order valence-electron chi connectivity index (χ0n) is 12.9. The molecule has 4 rings (SSSR count). The molecule has 0 saturated heterocycles. The Morgan fingerprint density at radius 2 is 1.81 bits per heavy atom. The Balaban J connectivity index is 1.96. The zero-order chi connectivity index (χ0) is 14.4. The van der Waals surface area contributed by atoms with Gasteiger partial charge in [-0.2, -0.15) is 0 Å². The monoisotopic (exact) mass is 274 g/mol. The average molecular weight is 274 g/mol. The number of fused-ring (bicyclic) bond motifs is 3. The first-order chi connectivity index (χ1) is 10.2. The minimum absolute atomic E-state index is 0.138. The number of rotatable bonds is 2. The van der Waals surface area contributed by atoms with Crippen molar-refractivity contribution in [2.45, 2.75) is 39.5 Å². The van der Waals surface area contributed by atoms with E-state index in [-0.39, 0.29) is 5.41 Å². The Kier molecular flexibility index (Phi) is 2.82. The summed E-state index contributed by atoms with van der Waals surface area (Å²) in [6, 6.07) is 8.94. The maximum atomic E-state index is 2.48. The van der Waals surface area contributed by atoms with Crippen LogP contribution in [0.1, 0.15) is 50.7 Å². The molecule has 0 spiro atoms. The van der Waals surface area contributed by atoms with Gasteiger partial charge in [-0.3, -0.25) is 0 Å². The number of hydrogen-bond acceptors (Lipinski definition) is 0. The van der Waals surface area contributed by atoms with E-state index in [2.05, 4.69) is 62.4 Å². The largest absolute Gasteiger partial charge is 0.0844 e. The topological polar surface area (TPSA) is 0 Å². The van der Waals surface area contributed by atoms with Crippen molar-refractivity contribution in [3.63, 3.8) is 0 Å². The van der Waals surface area contributed by atoms with Crippen LogP contribution in [0.15, 0.2) is 59.7 Å². The van der Waals surface area contributed by atoms with Crippen LogP contribution in [0, 0.1) is 5.41 Å². The molecule has 0 atom stereocenters. The minimum atomic E-state index is 0.138. The first-order valence-corrected chi connectivity index (χ1v) is 8.11. The highest BCUT2D eigenvalue weighted by molar-refractivity contribution is 6.04. The lowest BCUT2D eigenvalue weighted by atomic mass is 9.73. The van der Waals surface area contributed by atoms with E-state index < -0.39 is 0 Å². The SMILES string of the molecule is CC(C)(C1=CCCC1)C1=C2C=CCC=C2c2ccccc21. The van der Waals surface area contributed by atoms with Crippen LogP contribution >= 0.6 is 0 Å². The molecular weight excluding hydrogens is 252 g/mol. The van der Waals surface area contributed by atoms with Crippen LogP contribution in [0.25, 0.3) is 11.1 Å². The quantitative estimate of drug-likeness (QED) is 0.586. The van der Waals surface area contributed by atoms with Gasteiger partial charge in [-0.15, -0.1) is 0 Å². The molecule has 0 heteroatoms. The van der Waals surface area contributed by atoms with Gasteiger partial charge < -0.3 is 0 Å². The molecule has 1 aromatic carbocycles. The molecular formula is C21H22. The van der Waals surface area contributed by atoms with Gasteiger partial charge in [-0.05, 0) is 53.5 Å². The fourth-order valence-corrected chi connectivity index (χ4v) is 4.20. The molecule has 0 N–H and O–H groups in total. The van der Waals surface area contributed by atoms with Crippen molar-refractivity contribution in [3.8, 4) is 0 Å². The van der Waals surface area contributed by atoms with E-state index in [4.69, 9.17) is 0 Å². The summed E-state index contributed by atoms with van der Waals surface area (Å²) in [6.07, 6.45) is 14.4. The number of benzene rings is 1. The van der Waals surface area contributed by atoms with E-state index in [0.29, 0.717) is 0 Å². The van der Waals surface area contributed by atoms with Crippen molar-refractivity contribution in [3.05, 3.63) is 70.8 Å². The Morgan fingerprint density at radius 3 is 2.57 bits per heavy atom. The molecule has 0 radical (unpaired) electrons. The van der Waals surface area contributed by atoms with Gasteiger partial charge in [0.15, 0.2) is 0 Å². The maximum Gasteiger partial charge on any atom is 0.0117 e. The smallest absolute Gasteiger partial charge is 0.0117 e. The Labute approximate surface area is 127 Å². The molecule has 106 valence electrons. The van der Waals surface area contributed by atoms with Crippen molar-refractivity contribution in [1.82, 2.24) is 0 Å². The van der Waals surface area contributed by atoms with E-state index in [1.165, 1.54) is 47.1 Å². The van der Waals surface area contributed by atoms with Gasteiger partial charge in [-0.1, -0.05) is 68.0 Å². The van der Waals surface area contributed by atoms with Gasteiger partial charge in [0.25, 0.3) is 0 Å². The Hall–Kier alpha value is -1.82. The molecule has 0 aromatic heterocycles. The standard InChI is InChI=1S/C21H22/c1-21(2,15-9-3-4-10-15)20-18-13-7-5-11-16(18)17-12-6-8-14-19(17)20/h5,7-9,11-14H,3-4,6,10H2,1-2H3. The molecule has 0 fully saturated rings. The summed E-state index contributed by atoms with van der Waals surface area (Å²) in [4.78, 5) is 0. The van der Waals surface area contributed by atoms with E-state index >= 15 is 0 Å². The van der Waals surface area contributed by atoms with Gasteiger partial charge in [0, 0.05) is 5.41 Å². The van der Waals surface area contributed by atoms with Crippen molar-refractivity contribution >= 4 is 11.1 Å². The minimum Gasteiger partial charge on any atom is -0.0844 e. The van der Waals surface area contributed by atoms with Crippen LogP contribution in [0.2, 0.25) is 0 Å². The van der Waals surface area contributed by atoms with Gasteiger partial charge in [-0.25, -0.2) is 0 Å². The normalized spacial score (nSPS) is 20.3. The highest BCUT2D eigenvalue weighted by Crippen LogP contribution is 2.54. The Morgan fingerprint density at radius 1 is 1.00 bits per heavy atom. The summed E-state index contributed by atoms with van der Waals surface area (Å²) in [6.45, 7) is 4.82. The van der Waals surface area contributed by atoms with Crippen LogP contribution < -0.4 is 0 Å². The first kappa shape index (κ1) is 12.9. The highest BCUT2D eigenvalue weighted by Gasteiger charge is 2.37. The van der Waals surface area contributed by atoms with Gasteiger partial charge >= 0.3 is 0 Å². The third-order valence-electron chi connectivity index (χ3n) is 5.26. The van der Waals surface area contributed by atoms with Crippen LogP contribution in [0.4, 0.5) is 0 Å². The summed E-state index contributed by atoms with van der Waals surface area (Å²) in [5, 5.41) is 0. The molecule has 21 heavy (non-hydrogen) atoms. The summed E-state index contributed by atoms with van der Waals surface area (Å²) in [7, 11) is 0. The lowest BCUT2D eigenvalue weighted by molar-refractivity contribution is 0.581. The Bertz CT molecular complexity index is 720. The molecule has 0 bridgehead atoms. The first-order valence-electron chi connectivity index (χ1n) is 8.11.